The number of alkyl halides is 3. The first kappa shape index (κ1) is 21.5. The second-order valence-corrected chi connectivity index (χ2v) is 6.50. The number of ether oxygens (including phenoxy) is 1. The number of nitrogens with zero attached hydrogens (tertiary/aromatic N) is 2. The van der Waals surface area contributed by atoms with Gasteiger partial charge in [-0.25, -0.2) is 9.78 Å². The van der Waals surface area contributed by atoms with Crippen molar-refractivity contribution in [3.8, 4) is 5.88 Å². The van der Waals surface area contributed by atoms with E-state index in [1.807, 2.05) is 38.4 Å². The fourth-order valence-corrected chi connectivity index (χ4v) is 2.35. The van der Waals surface area contributed by atoms with Gasteiger partial charge in [0.05, 0.1) is 0 Å². The van der Waals surface area contributed by atoms with Gasteiger partial charge >= 0.3 is 12.2 Å². The Morgan fingerprint density at radius 2 is 1.64 bits per heavy atom. The molecule has 0 radical (unpaired) electrons. The Labute approximate surface area is 161 Å². The molecule has 0 bridgehead atoms. The molecule has 1 aromatic carbocycles. The van der Waals surface area contributed by atoms with Crippen LogP contribution in [0.3, 0.4) is 0 Å². The number of aromatic nitrogens is 1. The number of amides is 2. The van der Waals surface area contributed by atoms with Crippen LogP contribution in [0.4, 0.5) is 18.0 Å². The highest BCUT2D eigenvalue weighted by atomic mass is 19.4. The van der Waals surface area contributed by atoms with Crippen molar-refractivity contribution in [2.75, 3.05) is 20.7 Å². The third-order valence-electron chi connectivity index (χ3n) is 3.61. The summed E-state index contributed by atoms with van der Waals surface area (Å²) in [5.41, 5.74) is 2.72. The predicted molar refractivity (Wildman–Crippen MR) is 98.7 cm³/mol. The van der Waals surface area contributed by atoms with E-state index < -0.39 is 12.8 Å². The van der Waals surface area contributed by atoms with E-state index in [0.717, 1.165) is 12.1 Å². The number of hydrogen-bond acceptors (Lipinski definition) is 4. The molecule has 0 unspecified atom stereocenters. The van der Waals surface area contributed by atoms with Gasteiger partial charge in [0.15, 0.2) is 6.61 Å². The number of carbonyl (C=O) groups is 1. The van der Waals surface area contributed by atoms with Gasteiger partial charge in [0.1, 0.15) is 0 Å². The second kappa shape index (κ2) is 9.93. The molecule has 6 nitrogen and oxygen atoms in total. The largest absolute Gasteiger partial charge is 0.468 e. The number of rotatable bonds is 8. The first-order valence-corrected chi connectivity index (χ1v) is 8.60. The fraction of sp³-hybridized carbons (Fsp3) is 0.368. The number of pyridine rings is 1. The van der Waals surface area contributed by atoms with Gasteiger partial charge in [-0.15, -0.1) is 0 Å². The average molecular weight is 396 g/mol. The zero-order valence-electron chi connectivity index (χ0n) is 15.7. The molecule has 152 valence electrons. The summed E-state index contributed by atoms with van der Waals surface area (Å²) in [5, 5.41) is 5.38. The Morgan fingerprint density at radius 1 is 1.04 bits per heavy atom. The molecule has 0 saturated heterocycles. The Balaban J connectivity index is 1.76. The summed E-state index contributed by atoms with van der Waals surface area (Å²) in [5.74, 6) is -0.144. The van der Waals surface area contributed by atoms with Crippen molar-refractivity contribution in [2.24, 2.45) is 0 Å². The van der Waals surface area contributed by atoms with Crippen molar-refractivity contribution in [1.82, 2.24) is 20.5 Å². The van der Waals surface area contributed by atoms with Crippen LogP contribution in [-0.2, 0) is 19.6 Å². The summed E-state index contributed by atoms with van der Waals surface area (Å²) in [4.78, 5) is 17.7. The standard InChI is InChI=1S/C19H23F3N4O2/c1-26(2)12-15-5-3-14(4-6-15)10-24-18(27)25-11-16-7-8-23-17(9-16)28-13-19(20,21)22/h3-9H,10-13H2,1-2H3,(H2,24,25,27). The van der Waals surface area contributed by atoms with Crippen LogP contribution >= 0.6 is 0 Å². The van der Waals surface area contributed by atoms with Gasteiger partial charge in [-0.3, -0.25) is 0 Å². The number of benzene rings is 1. The summed E-state index contributed by atoms with van der Waals surface area (Å²) < 4.78 is 41.1. The van der Waals surface area contributed by atoms with E-state index in [0.29, 0.717) is 12.1 Å². The number of nitrogens with one attached hydrogen (secondary N) is 2. The normalized spacial score (nSPS) is 11.4. The number of halogens is 3. The molecule has 2 amide bonds. The average Bonchev–Trinajstić information content (AvgIpc) is 2.63. The summed E-state index contributed by atoms with van der Waals surface area (Å²) in [6, 6.07) is 10.5. The molecule has 1 heterocycles. The monoisotopic (exact) mass is 396 g/mol. The van der Waals surface area contributed by atoms with Gasteiger partial charge in [0, 0.05) is 31.9 Å². The van der Waals surface area contributed by atoms with E-state index >= 15 is 0 Å². The highest BCUT2D eigenvalue weighted by molar-refractivity contribution is 5.73. The van der Waals surface area contributed by atoms with Crippen molar-refractivity contribution < 1.29 is 22.7 Å². The lowest BCUT2D eigenvalue weighted by Gasteiger charge is -2.11. The molecular weight excluding hydrogens is 373 g/mol. The van der Waals surface area contributed by atoms with Crippen molar-refractivity contribution in [1.29, 1.82) is 0 Å². The van der Waals surface area contributed by atoms with Crippen LogP contribution in [0.15, 0.2) is 42.6 Å². The first-order chi connectivity index (χ1) is 13.2. The van der Waals surface area contributed by atoms with E-state index in [-0.39, 0.29) is 18.5 Å². The van der Waals surface area contributed by atoms with Crippen LogP contribution in [0.25, 0.3) is 0 Å². The van der Waals surface area contributed by atoms with Gasteiger partial charge < -0.3 is 20.3 Å². The summed E-state index contributed by atoms with van der Waals surface area (Å²) in [6.45, 7) is -0.0671. The van der Waals surface area contributed by atoms with E-state index in [9.17, 15) is 18.0 Å². The van der Waals surface area contributed by atoms with Crippen LogP contribution in [-0.4, -0.2) is 42.8 Å². The van der Waals surface area contributed by atoms with Crippen LogP contribution in [0, 0.1) is 0 Å². The summed E-state index contributed by atoms with van der Waals surface area (Å²) in [7, 11) is 3.99. The van der Waals surface area contributed by atoms with Gasteiger partial charge in [0.2, 0.25) is 5.88 Å². The van der Waals surface area contributed by atoms with Crippen LogP contribution in [0.5, 0.6) is 5.88 Å². The molecule has 28 heavy (non-hydrogen) atoms. The second-order valence-electron chi connectivity index (χ2n) is 6.50. The maximum Gasteiger partial charge on any atom is 0.422 e. The molecular formula is C19H23F3N4O2. The lowest BCUT2D eigenvalue weighted by Crippen LogP contribution is -2.34. The number of hydrogen-bond donors (Lipinski definition) is 2. The highest BCUT2D eigenvalue weighted by Crippen LogP contribution is 2.17. The van der Waals surface area contributed by atoms with E-state index in [4.69, 9.17) is 0 Å². The molecule has 0 spiro atoms. The fourth-order valence-electron chi connectivity index (χ4n) is 2.35. The predicted octanol–water partition coefficient (Wildman–Crippen LogP) is 3.08. The van der Waals surface area contributed by atoms with Gasteiger partial charge in [0.25, 0.3) is 0 Å². The molecule has 0 aliphatic heterocycles. The minimum absolute atomic E-state index is 0.137. The molecule has 9 heteroatoms. The van der Waals surface area contributed by atoms with Gasteiger partial charge in [-0.1, -0.05) is 24.3 Å². The van der Waals surface area contributed by atoms with Crippen molar-refractivity contribution in [2.45, 2.75) is 25.8 Å². The minimum Gasteiger partial charge on any atom is -0.468 e. The molecule has 2 N–H and O–H groups in total. The molecule has 0 atom stereocenters. The lowest BCUT2D eigenvalue weighted by molar-refractivity contribution is -0.154. The molecule has 0 saturated carbocycles. The van der Waals surface area contributed by atoms with Crippen molar-refractivity contribution >= 4 is 6.03 Å². The van der Waals surface area contributed by atoms with E-state index in [1.165, 1.54) is 17.8 Å². The van der Waals surface area contributed by atoms with E-state index in [2.05, 4.69) is 25.3 Å². The van der Waals surface area contributed by atoms with Crippen LogP contribution in [0.1, 0.15) is 16.7 Å². The maximum absolute atomic E-state index is 12.2. The van der Waals surface area contributed by atoms with Crippen molar-refractivity contribution in [3.63, 3.8) is 0 Å². The third kappa shape index (κ3) is 8.26. The highest BCUT2D eigenvalue weighted by Gasteiger charge is 2.28. The van der Waals surface area contributed by atoms with Crippen LogP contribution < -0.4 is 15.4 Å². The molecule has 0 aliphatic rings. The molecule has 0 aliphatic carbocycles. The number of urea groups is 1. The van der Waals surface area contributed by atoms with Crippen molar-refractivity contribution in [3.05, 3.63) is 59.3 Å². The van der Waals surface area contributed by atoms with Gasteiger partial charge in [-0.2, -0.15) is 13.2 Å². The Kier molecular flexibility index (Phi) is 7.62. The molecule has 2 rings (SSSR count). The molecule has 1 aromatic heterocycles. The third-order valence-corrected chi connectivity index (χ3v) is 3.61. The molecule has 2 aromatic rings. The number of carbonyl (C=O) groups excluding carboxylic acids is 1. The maximum atomic E-state index is 12.2. The summed E-state index contributed by atoms with van der Waals surface area (Å²) >= 11 is 0. The summed E-state index contributed by atoms with van der Waals surface area (Å²) in [6.07, 6.45) is -3.10. The molecule has 0 fully saturated rings. The SMILES string of the molecule is CN(C)Cc1ccc(CNC(=O)NCc2ccnc(OCC(F)(F)F)c2)cc1. The Morgan fingerprint density at radius 3 is 2.25 bits per heavy atom. The topological polar surface area (TPSA) is 66.5 Å². The Bertz CT molecular complexity index is 765. The van der Waals surface area contributed by atoms with Gasteiger partial charge in [-0.05, 0) is 36.9 Å². The zero-order chi connectivity index (χ0) is 20.6. The quantitative estimate of drug-likeness (QED) is 0.720. The van der Waals surface area contributed by atoms with E-state index in [1.54, 1.807) is 6.07 Å². The smallest absolute Gasteiger partial charge is 0.422 e. The zero-order valence-corrected chi connectivity index (χ0v) is 15.7. The van der Waals surface area contributed by atoms with Crippen LogP contribution in [0.2, 0.25) is 0 Å². The first-order valence-electron chi connectivity index (χ1n) is 8.60. The minimum atomic E-state index is -4.43. The lowest BCUT2D eigenvalue weighted by atomic mass is 10.1. The Hall–Kier alpha value is -2.81.